The number of hydrogen-bond donors (Lipinski definition) is 2. The van der Waals surface area contributed by atoms with Crippen LogP contribution in [-0.4, -0.2) is 32.8 Å². The number of sulfonamides is 1. The maximum atomic E-state index is 11.9. The minimum absolute atomic E-state index is 0.326. The molecule has 0 spiro atoms. The second kappa shape index (κ2) is 5.02. The molecule has 0 amide bonds. The van der Waals surface area contributed by atoms with Crippen LogP contribution in [0.2, 0.25) is 0 Å². The molecule has 94 valence electrons. The number of hydrogen-bond acceptors (Lipinski definition) is 3. The number of nitrogens with one attached hydrogen (secondary N) is 2. The van der Waals surface area contributed by atoms with Crippen LogP contribution in [0.1, 0.15) is 39.0 Å². The van der Waals surface area contributed by atoms with Gasteiger partial charge in [-0.3, -0.25) is 0 Å². The molecule has 0 aliphatic heterocycles. The predicted octanol–water partition coefficient (Wildman–Crippen LogP) is 0.846. The summed E-state index contributed by atoms with van der Waals surface area (Å²) < 4.78 is 26.5. The Labute approximate surface area is 98.2 Å². The van der Waals surface area contributed by atoms with Crippen molar-refractivity contribution in [3.8, 4) is 0 Å². The van der Waals surface area contributed by atoms with Crippen molar-refractivity contribution >= 4 is 10.0 Å². The smallest absolute Gasteiger partial charge is 0.215 e. The highest BCUT2D eigenvalue weighted by atomic mass is 32.2. The quantitative estimate of drug-likeness (QED) is 0.700. The molecule has 2 aliphatic rings. The van der Waals surface area contributed by atoms with Gasteiger partial charge < -0.3 is 5.32 Å². The molecule has 2 aliphatic carbocycles. The molecule has 0 heterocycles. The lowest BCUT2D eigenvalue weighted by Crippen LogP contribution is -2.42. The fourth-order valence-electron chi connectivity index (χ4n) is 1.80. The molecule has 2 N–H and O–H groups in total. The average Bonchev–Trinajstić information content (AvgIpc) is 2.94. The van der Waals surface area contributed by atoms with Crippen LogP contribution < -0.4 is 10.0 Å². The number of rotatable bonds is 7. The summed E-state index contributed by atoms with van der Waals surface area (Å²) in [6, 6.07) is 0.573. The van der Waals surface area contributed by atoms with E-state index in [1.165, 1.54) is 32.1 Å². The van der Waals surface area contributed by atoms with E-state index in [1.54, 1.807) is 6.92 Å². The van der Waals surface area contributed by atoms with Gasteiger partial charge in [-0.1, -0.05) is 6.42 Å². The van der Waals surface area contributed by atoms with Crippen LogP contribution >= 0.6 is 0 Å². The van der Waals surface area contributed by atoms with Crippen LogP contribution in [0, 0.1) is 5.92 Å². The van der Waals surface area contributed by atoms with Gasteiger partial charge in [0.2, 0.25) is 10.0 Å². The molecule has 0 saturated heterocycles. The first-order chi connectivity index (χ1) is 7.58. The summed E-state index contributed by atoms with van der Waals surface area (Å²) in [5.41, 5.74) is 0. The van der Waals surface area contributed by atoms with Crippen molar-refractivity contribution in [2.75, 3.05) is 13.1 Å². The second-order valence-electron chi connectivity index (χ2n) is 5.18. The van der Waals surface area contributed by atoms with Crippen molar-refractivity contribution in [1.29, 1.82) is 0 Å². The molecule has 2 rings (SSSR count). The monoisotopic (exact) mass is 246 g/mol. The van der Waals surface area contributed by atoms with Gasteiger partial charge in [0.15, 0.2) is 0 Å². The predicted molar refractivity (Wildman–Crippen MR) is 64.8 cm³/mol. The summed E-state index contributed by atoms with van der Waals surface area (Å²) in [4.78, 5) is 0. The van der Waals surface area contributed by atoms with Gasteiger partial charge in [0.25, 0.3) is 0 Å². The molecule has 2 saturated carbocycles. The van der Waals surface area contributed by atoms with Crippen LogP contribution in [-0.2, 0) is 10.0 Å². The Kier molecular flexibility index (Phi) is 3.87. The molecule has 0 bridgehead atoms. The highest BCUT2D eigenvalue weighted by Crippen LogP contribution is 2.25. The average molecular weight is 246 g/mol. The van der Waals surface area contributed by atoms with Crippen molar-refractivity contribution in [3.05, 3.63) is 0 Å². The van der Waals surface area contributed by atoms with E-state index in [0.717, 1.165) is 0 Å². The standard InChI is InChI=1S/C11H22N2O2S/c1-9(7-12-11-5-6-11)16(14,15)13-8-10-3-2-4-10/h9-13H,2-8H2,1H3. The minimum atomic E-state index is -3.11. The Balaban J connectivity index is 1.70. The van der Waals surface area contributed by atoms with Gasteiger partial charge in [-0.2, -0.15) is 0 Å². The lowest BCUT2D eigenvalue weighted by atomic mass is 9.86. The van der Waals surface area contributed by atoms with Crippen molar-refractivity contribution in [1.82, 2.24) is 10.0 Å². The highest BCUT2D eigenvalue weighted by Gasteiger charge is 2.27. The van der Waals surface area contributed by atoms with E-state index in [2.05, 4.69) is 10.0 Å². The van der Waals surface area contributed by atoms with Crippen molar-refractivity contribution in [2.24, 2.45) is 5.92 Å². The Morgan fingerprint density at radius 1 is 1.25 bits per heavy atom. The third-order valence-electron chi connectivity index (χ3n) is 3.60. The van der Waals surface area contributed by atoms with Gasteiger partial charge in [-0.15, -0.1) is 0 Å². The molecule has 1 atom stereocenters. The fraction of sp³-hybridized carbons (Fsp3) is 1.00. The SMILES string of the molecule is CC(CNC1CC1)S(=O)(=O)NCC1CCC1. The molecule has 4 nitrogen and oxygen atoms in total. The molecule has 0 aromatic carbocycles. The van der Waals surface area contributed by atoms with Crippen molar-refractivity contribution in [3.63, 3.8) is 0 Å². The second-order valence-corrected chi connectivity index (χ2v) is 7.37. The zero-order valence-electron chi connectivity index (χ0n) is 9.91. The fourth-order valence-corrected chi connectivity index (χ4v) is 2.87. The van der Waals surface area contributed by atoms with E-state index in [4.69, 9.17) is 0 Å². The first kappa shape index (κ1) is 12.3. The van der Waals surface area contributed by atoms with Gasteiger partial charge in [0, 0.05) is 19.1 Å². The van der Waals surface area contributed by atoms with E-state index in [1.807, 2.05) is 0 Å². The summed E-state index contributed by atoms with van der Waals surface area (Å²) >= 11 is 0. The molecule has 16 heavy (non-hydrogen) atoms. The van der Waals surface area contributed by atoms with E-state index >= 15 is 0 Å². The molecule has 2 fully saturated rings. The molecular weight excluding hydrogens is 224 g/mol. The summed E-state index contributed by atoms with van der Waals surface area (Å²) in [5, 5.41) is 2.93. The molecule has 0 aromatic heterocycles. The maximum Gasteiger partial charge on any atom is 0.215 e. The molecule has 5 heteroatoms. The first-order valence-electron chi connectivity index (χ1n) is 6.30. The van der Waals surface area contributed by atoms with E-state index in [0.29, 0.717) is 25.0 Å². The van der Waals surface area contributed by atoms with Crippen LogP contribution in [0.3, 0.4) is 0 Å². The Bertz CT molecular complexity index is 321. The lowest BCUT2D eigenvalue weighted by Gasteiger charge is -2.26. The summed E-state index contributed by atoms with van der Waals surface area (Å²) in [6.07, 6.45) is 6.00. The Morgan fingerprint density at radius 2 is 1.94 bits per heavy atom. The largest absolute Gasteiger partial charge is 0.313 e. The van der Waals surface area contributed by atoms with Crippen LogP contribution in [0.5, 0.6) is 0 Å². The normalized spacial score (nSPS) is 24.1. The molecular formula is C11H22N2O2S. The van der Waals surface area contributed by atoms with Gasteiger partial charge in [-0.05, 0) is 38.5 Å². The molecule has 1 unspecified atom stereocenters. The van der Waals surface area contributed by atoms with Crippen LogP contribution in [0.25, 0.3) is 0 Å². The zero-order chi connectivity index (χ0) is 11.6. The van der Waals surface area contributed by atoms with Gasteiger partial charge >= 0.3 is 0 Å². The summed E-state index contributed by atoms with van der Waals surface area (Å²) in [7, 11) is -3.11. The topological polar surface area (TPSA) is 58.2 Å². The summed E-state index contributed by atoms with van der Waals surface area (Å²) in [5.74, 6) is 0.582. The maximum absolute atomic E-state index is 11.9. The molecule has 0 radical (unpaired) electrons. The minimum Gasteiger partial charge on any atom is -0.313 e. The van der Waals surface area contributed by atoms with Gasteiger partial charge in [0.05, 0.1) is 5.25 Å². The third-order valence-corrected chi connectivity index (χ3v) is 5.39. The van der Waals surface area contributed by atoms with Gasteiger partial charge in [0.1, 0.15) is 0 Å². The first-order valence-corrected chi connectivity index (χ1v) is 7.84. The molecule has 0 aromatic rings. The van der Waals surface area contributed by atoms with E-state index in [-0.39, 0.29) is 5.25 Å². The Morgan fingerprint density at radius 3 is 2.44 bits per heavy atom. The van der Waals surface area contributed by atoms with Crippen molar-refractivity contribution < 1.29 is 8.42 Å². The zero-order valence-corrected chi connectivity index (χ0v) is 10.7. The van der Waals surface area contributed by atoms with Crippen LogP contribution in [0.15, 0.2) is 0 Å². The lowest BCUT2D eigenvalue weighted by molar-refractivity contribution is 0.316. The third kappa shape index (κ3) is 3.43. The Hall–Kier alpha value is -0.130. The van der Waals surface area contributed by atoms with E-state index < -0.39 is 10.0 Å². The highest BCUT2D eigenvalue weighted by molar-refractivity contribution is 7.90. The van der Waals surface area contributed by atoms with E-state index in [9.17, 15) is 8.42 Å². The summed E-state index contributed by atoms with van der Waals surface area (Å²) in [6.45, 7) is 2.99. The van der Waals surface area contributed by atoms with Crippen molar-refractivity contribution in [2.45, 2.75) is 50.3 Å². The van der Waals surface area contributed by atoms with Gasteiger partial charge in [-0.25, -0.2) is 13.1 Å². The van der Waals surface area contributed by atoms with Crippen LogP contribution in [0.4, 0.5) is 0 Å².